The summed E-state index contributed by atoms with van der Waals surface area (Å²) in [5.41, 5.74) is -1.61. The van der Waals surface area contributed by atoms with Crippen molar-refractivity contribution in [3.8, 4) is 0 Å². The van der Waals surface area contributed by atoms with Crippen molar-refractivity contribution in [1.82, 2.24) is 0 Å². The van der Waals surface area contributed by atoms with Gasteiger partial charge < -0.3 is 4.90 Å². The minimum Gasteiger partial charge on any atom is -0.365 e. The van der Waals surface area contributed by atoms with E-state index in [1.165, 1.54) is 0 Å². The normalized spacial score (nSPS) is 19.6. The fourth-order valence-corrected chi connectivity index (χ4v) is 2.18. The van der Waals surface area contributed by atoms with Gasteiger partial charge in [-0.3, -0.25) is 0 Å². The Morgan fingerprint density at radius 1 is 1.16 bits per heavy atom. The Labute approximate surface area is 105 Å². The Morgan fingerprint density at radius 3 is 2.42 bits per heavy atom. The summed E-state index contributed by atoms with van der Waals surface area (Å²) in [7, 11) is 0. The molecule has 1 fully saturated rings. The van der Waals surface area contributed by atoms with E-state index in [0.717, 1.165) is 17.0 Å². The van der Waals surface area contributed by atoms with Gasteiger partial charge >= 0.3 is 6.18 Å². The first kappa shape index (κ1) is 14.0. The summed E-state index contributed by atoms with van der Waals surface area (Å²) in [6.45, 7) is -0.675. The maximum absolute atomic E-state index is 13.3. The average molecular weight is 283 g/mol. The van der Waals surface area contributed by atoms with E-state index in [1.807, 2.05) is 0 Å². The molecule has 0 spiro atoms. The lowest BCUT2D eigenvalue weighted by atomic mass is 10.0. The monoisotopic (exact) mass is 283 g/mol. The minimum atomic E-state index is -4.77. The highest BCUT2D eigenvalue weighted by molar-refractivity contribution is 5.55. The second-order valence-electron chi connectivity index (χ2n) is 4.54. The van der Waals surface area contributed by atoms with Crippen molar-refractivity contribution >= 4 is 5.69 Å². The van der Waals surface area contributed by atoms with Gasteiger partial charge in [-0.2, -0.15) is 13.2 Å². The van der Waals surface area contributed by atoms with Crippen LogP contribution in [0.15, 0.2) is 18.2 Å². The molecule has 0 atom stereocenters. The molecule has 1 saturated heterocycles. The van der Waals surface area contributed by atoms with E-state index in [4.69, 9.17) is 0 Å². The zero-order valence-corrected chi connectivity index (χ0v) is 9.78. The average Bonchev–Trinajstić information content (AvgIpc) is 2.26. The van der Waals surface area contributed by atoms with Gasteiger partial charge in [-0.05, 0) is 24.6 Å². The molecule has 19 heavy (non-hydrogen) atoms. The summed E-state index contributed by atoms with van der Waals surface area (Å²) >= 11 is 0. The summed E-state index contributed by atoms with van der Waals surface area (Å²) in [5.74, 6) is -4.06. The molecular weight excluding hydrogens is 272 g/mol. The molecule has 0 saturated carbocycles. The van der Waals surface area contributed by atoms with Gasteiger partial charge in [0.15, 0.2) is 0 Å². The Bertz CT molecular complexity index is 468. The molecule has 2 rings (SSSR count). The van der Waals surface area contributed by atoms with Crippen molar-refractivity contribution in [2.75, 3.05) is 18.0 Å². The fourth-order valence-electron chi connectivity index (χ4n) is 2.18. The molecule has 0 bridgehead atoms. The van der Waals surface area contributed by atoms with Gasteiger partial charge in [0.1, 0.15) is 5.82 Å². The molecule has 1 aromatic rings. The second kappa shape index (κ2) is 4.61. The molecule has 1 aliphatic rings. The zero-order valence-electron chi connectivity index (χ0n) is 9.78. The van der Waals surface area contributed by atoms with Crippen LogP contribution in [0.2, 0.25) is 0 Å². The fraction of sp³-hybridized carbons (Fsp3) is 0.500. The molecule has 0 unspecified atom stereocenters. The number of hydrogen-bond donors (Lipinski definition) is 0. The molecule has 1 aliphatic heterocycles. The molecule has 7 heteroatoms. The van der Waals surface area contributed by atoms with E-state index in [1.54, 1.807) is 0 Å². The number of halogens is 6. The van der Waals surface area contributed by atoms with E-state index >= 15 is 0 Å². The topological polar surface area (TPSA) is 3.24 Å². The molecule has 0 radical (unpaired) electrons. The summed E-state index contributed by atoms with van der Waals surface area (Å²) in [4.78, 5) is 0.964. The third-order valence-electron chi connectivity index (χ3n) is 3.00. The highest BCUT2D eigenvalue weighted by Crippen LogP contribution is 2.39. The van der Waals surface area contributed by atoms with E-state index < -0.39 is 35.7 Å². The molecule has 1 nitrogen and oxygen atoms in total. The largest absolute Gasteiger partial charge is 0.418 e. The number of alkyl halides is 5. The Morgan fingerprint density at radius 2 is 1.84 bits per heavy atom. The Kier molecular flexibility index (Phi) is 3.40. The van der Waals surface area contributed by atoms with Crippen LogP contribution in [0.25, 0.3) is 0 Å². The van der Waals surface area contributed by atoms with Crippen LogP contribution in [-0.2, 0) is 6.18 Å². The maximum Gasteiger partial charge on any atom is 0.418 e. The van der Waals surface area contributed by atoms with Crippen molar-refractivity contribution in [2.24, 2.45) is 0 Å². The van der Waals surface area contributed by atoms with E-state index in [9.17, 15) is 26.3 Å². The highest BCUT2D eigenvalue weighted by atomic mass is 19.4. The third-order valence-corrected chi connectivity index (χ3v) is 3.00. The van der Waals surface area contributed by atoms with Crippen molar-refractivity contribution in [3.05, 3.63) is 29.6 Å². The Balaban J connectivity index is 2.39. The quantitative estimate of drug-likeness (QED) is 0.702. The second-order valence-corrected chi connectivity index (χ2v) is 4.54. The number of anilines is 1. The summed E-state index contributed by atoms with van der Waals surface area (Å²) < 4.78 is 77.8. The number of benzene rings is 1. The van der Waals surface area contributed by atoms with Gasteiger partial charge in [0.25, 0.3) is 5.92 Å². The van der Waals surface area contributed by atoms with Crippen LogP contribution in [-0.4, -0.2) is 19.0 Å². The lowest BCUT2D eigenvalue weighted by molar-refractivity contribution is -0.137. The molecule has 1 heterocycles. The van der Waals surface area contributed by atoms with Gasteiger partial charge in [0, 0.05) is 18.7 Å². The Hall–Kier alpha value is -1.40. The maximum atomic E-state index is 13.3. The molecular formula is C12H11F6N. The predicted molar refractivity (Wildman–Crippen MR) is 57.8 cm³/mol. The molecule has 1 aromatic carbocycles. The van der Waals surface area contributed by atoms with Crippen molar-refractivity contribution in [1.29, 1.82) is 0 Å². The van der Waals surface area contributed by atoms with Gasteiger partial charge in [-0.15, -0.1) is 0 Å². The van der Waals surface area contributed by atoms with Gasteiger partial charge in [-0.1, -0.05) is 0 Å². The summed E-state index contributed by atoms with van der Waals surface area (Å²) in [5, 5.41) is 0. The van der Waals surface area contributed by atoms with Crippen LogP contribution in [0.3, 0.4) is 0 Å². The number of piperidine rings is 1. The van der Waals surface area contributed by atoms with Crippen LogP contribution in [0.1, 0.15) is 18.4 Å². The lowest BCUT2D eigenvalue weighted by Crippen LogP contribution is -2.43. The first-order valence-corrected chi connectivity index (χ1v) is 5.69. The number of rotatable bonds is 1. The highest BCUT2D eigenvalue weighted by Gasteiger charge is 2.40. The smallest absolute Gasteiger partial charge is 0.365 e. The SMILES string of the molecule is Fc1ccc(N2CCCC(F)(F)C2)c(C(F)(F)F)c1. The van der Waals surface area contributed by atoms with Gasteiger partial charge in [-0.25, -0.2) is 13.2 Å². The van der Waals surface area contributed by atoms with Crippen molar-refractivity contribution in [2.45, 2.75) is 24.9 Å². The van der Waals surface area contributed by atoms with Crippen LogP contribution >= 0.6 is 0 Å². The van der Waals surface area contributed by atoms with Crippen LogP contribution in [0.4, 0.5) is 32.0 Å². The van der Waals surface area contributed by atoms with Crippen molar-refractivity contribution < 1.29 is 26.3 Å². The first-order valence-electron chi connectivity index (χ1n) is 5.69. The van der Waals surface area contributed by atoms with E-state index in [0.29, 0.717) is 6.07 Å². The van der Waals surface area contributed by atoms with Gasteiger partial charge in [0.05, 0.1) is 12.1 Å². The van der Waals surface area contributed by atoms with Crippen molar-refractivity contribution in [3.63, 3.8) is 0 Å². The predicted octanol–water partition coefficient (Wildman–Crippen LogP) is 4.08. The van der Waals surface area contributed by atoms with Crippen LogP contribution in [0, 0.1) is 5.82 Å². The lowest BCUT2D eigenvalue weighted by Gasteiger charge is -2.35. The number of hydrogen-bond acceptors (Lipinski definition) is 1. The van der Waals surface area contributed by atoms with Crippen LogP contribution in [0.5, 0.6) is 0 Å². The molecule has 106 valence electrons. The van der Waals surface area contributed by atoms with Gasteiger partial charge in [0.2, 0.25) is 0 Å². The summed E-state index contributed by atoms with van der Waals surface area (Å²) in [6, 6.07) is 2.08. The van der Waals surface area contributed by atoms with Crippen LogP contribution < -0.4 is 4.90 Å². The van der Waals surface area contributed by atoms with E-state index in [-0.39, 0.29) is 19.4 Å². The summed E-state index contributed by atoms with van der Waals surface area (Å²) in [6.07, 6.45) is -5.02. The molecule has 0 aromatic heterocycles. The minimum absolute atomic E-state index is 0.0989. The standard InChI is InChI=1S/C12H11F6N/c13-8-2-3-10(9(6-8)12(16,17)18)19-5-1-4-11(14,15)7-19/h2-3,6H,1,4-5,7H2. The number of nitrogens with zero attached hydrogens (tertiary/aromatic N) is 1. The molecule has 0 amide bonds. The molecule has 0 N–H and O–H groups in total. The van der Waals surface area contributed by atoms with E-state index in [2.05, 4.69) is 0 Å². The molecule has 0 aliphatic carbocycles. The first-order chi connectivity index (χ1) is 8.69. The zero-order chi connectivity index (χ0) is 14.3. The third kappa shape index (κ3) is 3.13.